The molecule has 3 rings (SSSR count). The Labute approximate surface area is 145 Å². The van der Waals surface area contributed by atoms with Crippen LogP contribution in [0.4, 0.5) is 13.2 Å². The van der Waals surface area contributed by atoms with Crippen molar-refractivity contribution in [1.29, 1.82) is 0 Å². The maximum atomic E-state index is 12.8. The largest absolute Gasteiger partial charge is 0.432 e. The van der Waals surface area contributed by atoms with Crippen molar-refractivity contribution in [1.82, 2.24) is 14.9 Å². The van der Waals surface area contributed by atoms with Crippen LogP contribution in [0, 0.1) is 5.92 Å². The van der Waals surface area contributed by atoms with Crippen LogP contribution < -0.4 is 5.73 Å². The van der Waals surface area contributed by atoms with E-state index in [1.807, 2.05) is 11.8 Å². The fraction of sp³-hybridized carbons (Fsp3) is 0.765. The van der Waals surface area contributed by atoms with Gasteiger partial charge in [-0.15, -0.1) is 0 Å². The predicted octanol–water partition coefficient (Wildman–Crippen LogP) is 3.04. The third kappa shape index (κ3) is 3.83. The van der Waals surface area contributed by atoms with E-state index in [0.717, 1.165) is 31.9 Å². The summed E-state index contributed by atoms with van der Waals surface area (Å²) in [6.07, 6.45) is 1.41. The lowest BCUT2D eigenvalue weighted by Crippen LogP contribution is -2.54. The van der Waals surface area contributed by atoms with Crippen LogP contribution in [-0.4, -0.2) is 39.4 Å². The van der Waals surface area contributed by atoms with E-state index >= 15 is 0 Å². The number of H-pyrrole nitrogens is 1. The van der Waals surface area contributed by atoms with Gasteiger partial charge in [0.15, 0.2) is 0 Å². The van der Waals surface area contributed by atoms with Crippen molar-refractivity contribution in [3.8, 4) is 0 Å². The van der Waals surface area contributed by atoms with Crippen LogP contribution in [0.3, 0.4) is 0 Å². The van der Waals surface area contributed by atoms with Crippen LogP contribution in [-0.2, 0) is 11.0 Å². The number of amides is 1. The number of hydrogen-bond acceptors (Lipinski definition) is 3. The number of alkyl halides is 3. The Hall–Kier alpha value is -1.57. The number of halogens is 3. The van der Waals surface area contributed by atoms with Crippen LogP contribution in [0.2, 0.25) is 0 Å². The summed E-state index contributed by atoms with van der Waals surface area (Å²) in [5.74, 6) is 0.230. The Kier molecular flexibility index (Phi) is 4.83. The van der Waals surface area contributed by atoms with Crippen LogP contribution in [0.1, 0.15) is 62.9 Å². The van der Waals surface area contributed by atoms with Crippen molar-refractivity contribution >= 4 is 5.91 Å². The molecule has 2 aliphatic rings. The minimum Gasteiger partial charge on any atom is -0.342 e. The van der Waals surface area contributed by atoms with Gasteiger partial charge in [-0.3, -0.25) is 4.79 Å². The molecule has 1 aliphatic carbocycles. The summed E-state index contributed by atoms with van der Waals surface area (Å²) in [7, 11) is 0. The number of likely N-dealkylation sites (tertiary alicyclic amines) is 1. The zero-order chi connectivity index (χ0) is 18.2. The van der Waals surface area contributed by atoms with Gasteiger partial charge in [0.05, 0.1) is 12.1 Å². The van der Waals surface area contributed by atoms with E-state index in [1.165, 1.54) is 0 Å². The molecular weight excluding hydrogens is 333 g/mol. The first kappa shape index (κ1) is 18.2. The number of carbonyl (C=O) groups is 1. The molecular formula is C17H25F3N4O. The minimum absolute atomic E-state index is 0.0734. The summed E-state index contributed by atoms with van der Waals surface area (Å²) in [6.45, 7) is 3.03. The summed E-state index contributed by atoms with van der Waals surface area (Å²) < 4.78 is 38.0. The summed E-state index contributed by atoms with van der Waals surface area (Å²) in [5, 5.41) is 0. The van der Waals surface area contributed by atoms with Crippen LogP contribution >= 0.6 is 0 Å². The molecule has 5 nitrogen and oxygen atoms in total. The van der Waals surface area contributed by atoms with Crippen molar-refractivity contribution in [2.75, 3.05) is 13.1 Å². The summed E-state index contributed by atoms with van der Waals surface area (Å²) in [5.41, 5.74) is 5.04. The van der Waals surface area contributed by atoms with Crippen molar-refractivity contribution in [2.24, 2.45) is 11.7 Å². The number of nitrogens with zero attached hydrogens (tertiary/aromatic N) is 2. The number of carbonyl (C=O) groups excluding carboxylic acids is 1. The molecule has 0 bridgehead atoms. The average Bonchev–Trinajstić information content (AvgIpc) is 3.04. The van der Waals surface area contributed by atoms with Gasteiger partial charge in [0.25, 0.3) is 0 Å². The predicted molar refractivity (Wildman–Crippen MR) is 86.7 cm³/mol. The van der Waals surface area contributed by atoms with Crippen LogP contribution in [0.25, 0.3) is 0 Å². The molecule has 1 saturated carbocycles. The van der Waals surface area contributed by atoms with E-state index in [9.17, 15) is 18.0 Å². The molecule has 0 radical (unpaired) electrons. The quantitative estimate of drug-likeness (QED) is 0.853. The van der Waals surface area contributed by atoms with Gasteiger partial charge in [0, 0.05) is 24.5 Å². The topological polar surface area (TPSA) is 75.0 Å². The molecule has 0 aromatic carbocycles. The van der Waals surface area contributed by atoms with Crippen molar-refractivity contribution in [3.63, 3.8) is 0 Å². The van der Waals surface area contributed by atoms with Gasteiger partial charge in [-0.1, -0.05) is 12.8 Å². The van der Waals surface area contributed by atoms with Crippen LogP contribution in [0.5, 0.6) is 0 Å². The zero-order valence-electron chi connectivity index (χ0n) is 14.4. The highest BCUT2D eigenvalue weighted by molar-refractivity contribution is 5.80. The smallest absolute Gasteiger partial charge is 0.342 e. The van der Waals surface area contributed by atoms with Gasteiger partial charge in [-0.25, -0.2) is 4.98 Å². The number of nitrogens with two attached hydrogens (primary N) is 1. The maximum absolute atomic E-state index is 12.8. The second-order valence-corrected chi connectivity index (χ2v) is 7.58. The summed E-state index contributed by atoms with van der Waals surface area (Å²) in [6, 6.07) is 0. The second kappa shape index (κ2) is 6.63. The lowest BCUT2D eigenvalue weighted by Gasteiger charge is -2.41. The molecule has 1 amide bonds. The fourth-order valence-corrected chi connectivity index (χ4v) is 4.05. The normalized spacial score (nSPS) is 29.0. The molecule has 140 valence electrons. The van der Waals surface area contributed by atoms with E-state index in [2.05, 4.69) is 9.97 Å². The molecule has 8 heteroatoms. The molecule has 2 unspecified atom stereocenters. The van der Waals surface area contributed by atoms with Gasteiger partial charge in [0.1, 0.15) is 11.5 Å². The Morgan fingerprint density at radius 3 is 2.56 bits per heavy atom. The molecule has 1 aromatic heterocycles. The van der Waals surface area contributed by atoms with E-state index < -0.39 is 17.4 Å². The number of hydrogen-bond donors (Lipinski definition) is 2. The van der Waals surface area contributed by atoms with Gasteiger partial charge in [0.2, 0.25) is 5.91 Å². The van der Waals surface area contributed by atoms with Crippen LogP contribution in [0.15, 0.2) is 6.20 Å². The lowest BCUT2D eigenvalue weighted by atomic mass is 9.73. The number of nitrogens with one attached hydrogen (secondary N) is 1. The van der Waals surface area contributed by atoms with E-state index in [1.54, 1.807) is 0 Å². The molecule has 2 fully saturated rings. The SMILES string of the molecule is CC1(N)CCCCC1C(=O)N1CCC(c2ncc(C(F)(F)F)[nH]2)CC1. The highest BCUT2D eigenvalue weighted by Crippen LogP contribution is 2.35. The van der Waals surface area contributed by atoms with Gasteiger partial charge in [-0.05, 0) is 32.6 Å². The highest BCUT2D eigenvalue weighted by atomic mass is 19.4. The highest BCUT2D eigenvalue weighted by Gasteiger charge is 2.41. The van der Waals surface area contributed by atoms with E-state index in [4.69, 9.17) is 5.73 Å². The molecule has 1 aromatic rings. The third-order valence-electron chi connectivity index (χ3n) is 5.65. The number of rotatable bonds is 2. The molecule has 3 N–H and O–H groups in total. The molecule has 25 heavy (non-hydrogen) atoms. The zero-order valence-corrected chi connectivity index (χ0v) is 14.4. The maximum Gasteiger partial charge on any atom is 0.432 e. The Balaban J connectivity index is 1.60. The van der Waals surface area contributed by atoms with Gasteiger partial charge in [-0.2, -0.15) is 13.2 Å². The molecule has 2 heterocycles. The summed E-state index contributed by atoms with van der Waals surface area (Å²) >= 11 is 0. The second-order valence-electron chi connectivity index (χ2n) is 7.58. The number of piperidine rings is 1. The van der Waals surface area contributed by atoms with Gasteiger partial charge >= 0.3 is 6.18 Å². The first-order chi connectivity index (χ1) is 11.7. The average molecular weight is 358 g/mol. The molecule has 1 saturated heterocycles. The first-order valence-electron chi connectivity index (χ1n) is 8.88. The molecule has 0 spiro atoms. The minimum atomic E-state index is -4.41. The van der Waals surface area contributed by atoms with E-state index in [-0.39, 0.29) is 17.7 Å². The Morgan fingerprint density at radius 1 is 1.32 bits per heavy atom. The fourth-order valence-electron chi connectivity index (χ4n) is 4.05. The first-order valence-corrected chi connectivity index (χ1v) is 8.88. The lowest BCUT2D eigenvalue weighted by molar-refractivity contribution is -0.141. The Morgan fingerprint density at radius 2 is 2.00 bits per heavy atom. The number of imidazole rings is 1. The monoisotopic (exact) mass is 358 g/mol. The standard InChI is InChI=1S/C17H25F3N4O/c1-16(21)7-3-2-4-12(16)15(25)24-8-5-11(6-9-24)14-22-10-13(23-14)17(18,19)20/h10-12H,2-9,21H2,1H3,(H,22,23). The van der Waals surface area contributed by atoms with Crippen molar-refractivity contribution in [3.05, 3.63) is 17.7 Å². The van der Waals surface area contributed by atoms with Crippen molar-refractivity contribution < 1.29 is 18.0 Å². The summed E-state index contributed by atoms with van der Waals surface area (Å²) in [4.78, 5) is 20.9. The third-order valence-corrected chi connectivity index (χ3v) is 5.65. The number of aromatic amines is 1. The Bertz CT molecular complexity index is 618. The van der Waals surface area contributed by atoms with E-state index in [0.29, 0.717) is 31.8 Å². The van der Waals surface area contributed by atoms with Gasteiger partial charge < -0.3 is 15.6 Å². The number of aromatic nitrogens is 2. The molecule has 2 atom stereocenters. The molecule has 1 aliphatic heterocycles. The van der Waals surface area contributed by atoms with Crippen molar-refractivity contribution in [2.45, 2.75) is 63.1 Å².